The number of allylic oxidation sites excluding steroid dienone is 2. The lowest BCUT2D eigenvalue weighted by atomic mass is 9.80. The number of aromatic nitrogens is 4. The summed E-state index contributed by atoms with van der Waals surface area (Å²) in [5, 5.41) is 2.40. The minimum atomic E-state index is -0.254. The van der Waals surface area contributed by atoms with Crippen molar-refractivity contribution < 1.29 is 0 Å². The Hall–Kier alpha value is -8.15. The van der Waals surface area contributed by atoms with Crippen LogP contribution in [0.25, 0.3) is 83.9 Å². The number of nitrogens with zero attached hydrogens (tertiary/aromatic N) is 5. The van der Waals surface area contributed by atoms with Crippen molar-refractivity contribution in [3.05, 3.63) is 230 Å². The van der Waals surface area contributed by atoms with Crippen molar-refractivity contribution in [1.29, 1.82) is 0 Å². The van der Waals surface area contributed by atoms with Crippen molar-refractivity contribution >= 4 is 33.2 Å². The van der Waals surface area contributed by atoms with Crippen LogP contribution in [0.1, 0.15) is 18.4 Å². The van der Waals surface area contributed by atoms with Crippen LogP contribution in [-0.4, -0.2) is 25.1 Å². The maximum absolute atomic E-state index is 5.28. The second-order valence-corrected chi connectivity index (χ2v) is 16.6. The molecule has 0 N–H and O–H groups in total. The fourth-order valence-corrected chi connectivity index (χ4v) is 9.92. The van der Waals surface area contributed by atoms with E-state index in [1.165, 1.54) is 33.2 Å². The van der Waals surface area contributed by atoms with Crippen LogP contribution >= 0.6 is 0 Å². The summed E-state index contributed by atoms with van der Waals surface area (Å²) >= 11 is 0. The molecule has 0 saturated heterocycles. The van der Waals surface area contributed by atoms with E-state index in [9.17, 15) is 0 Å². The van der Waals surface area contributed by atoms with Crippen LogP contribution in [0, 0.1) is 0 Å². The van der Waals surface area contributed by atoms with Crippen LogP contribution in [0.15, 0.2) is 224 Å². The molecule has 1 aliphatic carbocycles. The monoisotopic (exact) mass is 807 g/mol. The smallest absolute Gasteiger partial charge is 0.164 e. The third-order valence-electron chi connectivity index (χ3n) is 12.8. The Balaban J connectivity index is 1.01. The normalized spacial score (nSPS) is 16.4. The van der Waals surface area contributed by atoms with Gasteiger partial charge in [-0.05, 0) is 89.3 Å². The van der Waals surface area contributed by atoms with Crippen LogP contribution in [0.2, 0.25) is 0 Å². The number of fused-ring (bicyclic) bond motifs is 6. The Morgan fingerprint density at radius 3 is 1.83 bits per heavy atom. The van der Waals surface area contributed by atoms with Gasteiger partial charge in [-0.1, -0.05) is 170 Å². The lowest BCUT2D eigenvalue weighted by Crippen LogP contribution is -2.41. The highest BCUT2D eigenvalue weighted by Crippen LogP contribution is 2.54. The number of hydrogen-bond donors (Lipinski definition) is 0. The number of benzene rings is 8. The van der Waals surface area contributed by atoms with E-state index in [4.69, 9.17) is 15.0 Å². The van der Waals surface area contributed by atoms with Gasteiger partial charge in [0.25, 0.3) is 0 Å². The zero-order chi connectivity index (χ0) is 41.9. The van der Waals surface area contributed by atoms with E-state index in [2.05, 4.69) is 223 Å². The van der Waals surface area contributed by atoms with Gasteiger partial charge in [-0.2, -0.15) is 0 Å². The van der Waals surface area contributed by atoms with E-state index in [1.807, 2.05) is 18.2 Å². The zero-order valence-electron chi connectivity index (χ0n) is 34.7. The molecule has 10 aromatic rings. The third kappa shape index (κ3) is 6.12. The first-order chi connectivity index (χ1) is 31.1. The van der Waals surface area contributed by atoms with Crippen molar-refractivity contribution in [3.8, 4) is 62.1 Å². The van der Waals surface area contributed by atoms with Crippen LogP contribution in [0.3, 0.4) is 0 Å². The van der Waals surface area contributed by atoms with Gasteiger partial charge in [0.2, 0.25) is 0 Å². The van der Waals surface area contributed by atoms with Crippen molar-refractivity contribution in [2.45, 2.75) is 18.4 Å². The number of para-hydroxylation sites is 2. The molecule has 0 amide bonds. The molecule has 0 spiro atoms. The molecule has 2 atom stereocenters. The Morgan fingerprint density at radius 1 is 0.444 bits per heavy atom. The van der Waals surface area contributed by atoms with E-state index >= 15 is 0 Å². The maximum atomic E-state index is 5.28. The van der Waals surface area contributed by atoms with Gasteiger partial charge in [0, 0.05) is 50.4 Å². The van der Waals surface area contributed by atoms with Crippen molar-refractivity contribution in [1.82, 2.24) is 19.5 Å². The lowest BCUT2D eigenvalue weighted by molar-refractivity contribution is 0.542. The second kappa shape index (κ2) is 14.8. The summed E-state index contributed by atoms with van der Waals surface area (Å²) in [5.74, 6) is 2.12. The number of rotatable bonds is 7. The number of hydrogen-bond acceptors (Lipinski definition) is 4. The van der Waals surface area contributed by atoms with Crippen LogP contribution in [0.5, 0.6) is 0 Å². The first-order valence-corrected chi connectivity index (χ1v) is 21.6. The molecule has 298 valence electrons. The Bertz CT molecular complexity index is 3420. The van der Waals surface area contributed by atoms with E-state index in [-0.39, 0.29) is 11.5 Å². The van der Waals surface area contributed by atoms with Crippen molar-refractivity contribution in [2.24, 2.45) is 0 Å². The van der Waals surface area contributed by atoms with Crippen LogP contribution in [0.4, 0.5) is 11.4 Å². The summed E-state index contributed by atoms with van der Waals surface area (Å²) in [6.07, 6.45) is 8.99. The molecule has 2 aromatic heterocycles. The molecule has 1 aliphatic heterocycles. The van der Waals surface area contributed by atoms with E-state index in [0.29, 0.717) is 17.5 Å². The molecule has 0 fully saturated rings. The van der Waals surface area contributed by atoms with Gasteiger partial charge in [0.1, 0.15) is 0 Å². The third-order valence-corrected chi connectivity index (χ3v) is 12.8. The molecule has 2 aliphatic rings. The molecule has 3 heterocycles. The van der Waals surface area contributed by atoms with E-state index in [0.717, 1.165) is 50.2 Å². The van der Waals surface area contributed by atoms with Gasteiger partial charge in [-0.25, -0.2) is 15.0 Å². The summed E-state index contributed by atoms with van der Waals surface area (Å²) in [6.45, 7) is 2.33. The van der Waals surface area contributed by atoms with E-state index < -0.39 is 0 Å². The van der Waals surface area contributed by atoms with Gasteiger partial charge >= 0.3 is 0 Å². The zero-order valence-corrected chi connectivity index (χ0v) is 34.7. The SMILES string of the molecule is CC12C=CC=CC1c1ccccc1N2c1cccc(-c2nc(-c3ccccc3)nc(-c3cccc(-c4cccc5c4c4cc(-c6ccccc6)ccc4n5-c4ccccc4)c3)n2)c1. The largest absolute Gasteiger partial charge is 0.331 e. The van der Waals surface area contributed by atoms with Gasteiger partial charge in [-0.15, -0.1) is 0 Å². The van der Waals surface area contributed by atoms with Crippen LogP contribution in [-0.2, 0) is 0 Å². The van der Waals surface area contributed by atoms with Crippen molar-refractivity contribution in [3.63, 3.8) is 0 Å². The van der Waals surface area contributed by atoms with Gasteiger partial charge in [-0.3, -0.25) is 0 Å². The maximum Gasteiger partial charge on any atom is 0.164 e. The molecule has 63 heavy (non-hydrogen) atoms. The average Bonchev–Trinajstić information content (AvgIpc) is 3.83. The standard InChI is InChI=1S/C58H41N5/c1-58-35-14-13-30-50(58)48-28-11-12-31-52(48)63(58)46-27-16-24-44(37-46)57-60-55(40-20-7-3-8-21-40)59-56(61-57)43-23-15-22-42(36-43)47-29-17-32-53-54(47)49-38-41(39-18-5-2-6-19-39)33-34-51(49)62(53)45-25-9-4-10-26-45/h2-38,50H,1H3. The highest BCUT2D eigenvalue weighted by atomic mass is 15.2. The molecular formula is C58H41N5. The predicted octanol–water partition coefficient (Wildman–Crippen LogP) is 14.4. The highest BCUT2D eigenvalue weighted by molar-refractivity contribution is 6.16. The molecule has 5 nitrogen and oxygen atoms in total. The average molecular weight is 808 g/mol. The fraction of sp³-hybridized carbons (Fsp3) is 0.0517. The van der Waals surface area contributed by atoms with Gasteiger partial charge in [0.05, 0.1) is 16.6 Å². The molecule has 5 heteroatoms. The highest BCUT2D eigenvalue weighted by Gasteiger charge is 2.46. The summed E-state index contributed by atoms with van der Waals surface area (Å²) in [4.78, 5) is 18.1. The Kier molecular flexibility index (Phi) is 8.61. The predicted molar refractivity (Wildman–Crippen MR) is 259 cm³/mol. The summed E-state index contributed by atoms with van der Waals surface area (Å²) in [6, 6.07) is 71.1. The first kappa shape index (κ1) is 36.7. The first-order valence-electron chi connectivity index (χ1n) is 21.6. The Labute approximate surface area is 366 Å². The summed E-state index contributed by atoms with van der Waals surface area (Å²) in [5.41, 5.74) is 14.2. The molecule has 0 bridgehead atoms. The second-order valence-electron chi connectivity index (χ2n) is 16.6. The molecule has 0 saturated carbocycles. The Morgan fingerprint density at radius 2 is 1.05 bits per heavy atom. The molecule has 8 aromatic carbocycles. The van der Waals surface area contributed by atoms with E-state index in [1.54, 1.807) is 0 Å². The molecule has 2 unspecified atom stereocenters. The van der Waals surface area contributed by atoms with Gasteiger partial charge in [0.15, 0.2) is 17.5 Å². The molecule has 0 radical (unpaired) electrons. The quantitative estimate of drug-likeness (QED) is 0.161. The minimum absolute atomic E-state index is 0.245. The fourth-order valence-electron chi connectivity index (χ4n) is 9.92. The summed E-state index contributed by atoms with van der Waals surface area (Å²) < 4.78 is 2.38. The van der Waals surface area contributed by atoms with Crippen molar-refractivity contribution in [2.75, 3.05) is 4.90 Å². The van der Waals surface area contributed by atoms with Gasteiger partial charge < -0.3 is 9.47 Å². The lowest BCUT2D eigenvalue weighted by Gasteiger charge is -2.39. The summed E-state index contributed by atoms with van der Waals surface area (Å²) in [7, 11) is 0. The minimum Gasteiger partial charge on any atom is -0.331 e. The number of anilines is 2. The topological polar surface area (TPSA) is 46.8 Å². The van der Waals surface area contributed by atoms with Crippen LogP contribution < -0.4 is 4.90 Å². The molecular weight excluding hydrogens is 767 g/mol. The molecule has 12 rings (SSSR count).